The van der Waals surface area contributed by atoms with Crippen LogP contribution in [0.4, 0.5) is 5.69 Å². The Bertz CT molecular complexity index is 1390. The Morgan fingerprint density at radius 2 is 1.53 bits per heavy atom. The maximum atomic E-state index is 13.6. The van der Waals surface area contributed by atoms with E-state index in [2.05, 4.69) is 55.2 Å². The quantitative estimate of drug-likeness (QED) is 0.431. The highest BCUT2D eigenvalue weighted by Crippen LogP contribution is 2.52. The SMILES string of the molecule is CC1(C)c2ccccc2-c2cc3c(cc21)C(O)N(c1ccccc1)C(=O)c1cccnc1-3. The van der Waals surface area contributed by atoms with Gasteiger partial charge in [-0.05, 0) is 58.7 Å². The normalized spacial score (nSPS) is 17.8. The van der Waals surface area contributed by atoms with Crippen LogP contribution < -0.4 is 4.90 Å². The molecule has 4 aromatic rings. The molecule has 0 fully saturated rings. The van der Waals surface area contributed by atoms with Crippen molar-refractivity contribution in [3.63, 3.8) is 0 Å². The lowest BCUT2D eigenvalue weighted by molar-refractivity contribution is 0.0892. The van der Waals surface area contributed by atoms with E-state index in [0.717, 1.165) is 16.7 Å². The van der Waals surface area contributed by atoms with Crippen LogP contribution in [0.15, 0.2) is 85.1 Å². The monoisotopic (exact) mass is 418 g/mol. The third-order valence-corrected chi connectivity index (χ3v) is 6.82. The fraction of sp³-hybridized carbons (Fsp3) is 0.143. The number of nitrogens with zero attached hydrogens (tertiary/aromatic N) is 2. The second kappa shape index (κ2) is 6.62. The topological polar surface area (TPSA) is 53.4 Å². The van der Waals surface area contributed by atoms with Crippen LogP contribution in [0.25, 0.3) is 22.4 Å². The smallest absolute Gasteiger partial charge is 0.262 e. The molecule has 1 aromatic heterocycles. The van der Waals surface area contributed by atoms with E-state index in [0.29, 0.717) is 22.5 Å². The molecule has 0 radical (unpaired) electrons. The molecule has 2 aliphatic rings. The van der Waals surface area contributed by atoms with Crippen LogP contribution in [0.3, 0.4) is 0 Å². The first-order valence-corrected chi connectivity index (χ1v) is 10.8. The number of anilines is 1. The Morgan fingerprint density at radius 3 is 2.34 bits per heavy atom. The van der Waals surface area contributed by atoms with Gasteiger partial charge < -0.3 is 5.11 Å². The number of hydrogen-bond acceptors (Lipinski definition) is 3. The van der Waals surface area contributed by atoms with E-state index in [1.807, 2.05) is 30.3 Å². The van der Waals surface area contributed by atoms with E-state index < -0.39 is 6.23 Å². The van der Waals surface area contributed by atoms with Crippen molar-refractivity contribution in [2.24, 2.45) is 0 Å². The summed E-state index contributed by atoms with van der Waals surface area (Å²) in [6, 6.07) is 25.5. The molecule has 4 nitrogen and oxygen atoms in total. The molecule has 1 N–H and O–H groups in total. The van der Waals surface area contributed by atoms with Crippen molar-refractivity contribution in [2.45, 2.75) is 25.5 Å². The number of benzene rings is 3. The average molecular weight is 418 g/mol. The first-order chi connectivity index (χ1) is 15.5. The standard InChI is InChI=1S/C28H22N2O2/c1-28(2)23-13-7-6-11-18(23)20-15-21-22(16-24(20)28)27(32)30(17-9-4-3-5-10-17)26(31)19-12-8-14-29-25(19)21/h3-16,27,32H,1-2H3. The van der Waals surface area contributed by atoms with E-state index in [4.69, 9.17) is 0 Å². The molecule has 156 valence electrons. The Hall–Kier alpha value is -3.76. The van der Waals surface area contributed by atoms with Crippen molar-refractivity contribution < 1.29 is 9.90 Å². The highest BCUT2D eigenvalue weighted by atomic mass is 16.3. The fourth-order valence-corrected chi connectivity index (χ4v) is 5.20. The summed E-state index contributed by atoms with van der Waals surface area (Å²) in [5.41, 5.74) is 7.77. The third kappa shape index (κ3) is 2.47. The van der Waals surface area contributed by atoms with Crippen molar-refractivity contribution >= 4 is 11.6 Å². The molecular formula is C28H22N2O2. The molecule has 32 heavy (non-hydrogen) atoms. The second-order valence-electron chi connectivity index (χ2n) is 8.94. The maximum Gasteiger partial charge on any atom is 0.262 e. The number of hydrogen-bond donors (Lipinski definition) is 1. The van der Waals surface area contributed by atoms with Crippen LogP contribution in [-0.4, -0.2) is 16.0 Å². The fourth-order valence-electron chi connectivity index (χ4n) is 5.20. The molecule has 0 saturated heterocycles. The first-order valence-electron chi connectivity index (χ1n) is 10.8. The van der Waals surface area contributed by atoms with E-state index in [1.54, 1.807) is 18.3 Å². The number of pyridine rings is 1. The van der Waals surface area contributed by atoms with E-state index in [9.17, 15) is 9.90 Å². The lowest BCUT2D eigenvalue weighted by Crippen LogP contribution is -2.34. The number of carbonyl (C=O) groups excluding carboxylic acids is 1. The third-order valence-electron chi connectivity index (χ3n) is 6.82. The summed E-state index contributed by atoms with van der Waals surface area (Å²) in [5, 5.41) is 11.6. The minimum Gasteiger partial charge on any atom is -0.369 e. The van der Waals surface area contributed by atoms with E-state index in [-0.39, 0.29) is 11.3 Å². The number of carbonyl (C=O) groups is 1. The largest absolute Gasteiger partial charge is 0.369 e. The van der Waals surface area contributed by atoms with Gasteiger partial charge in [0.1, 0.15) is 0 Å². The number of para-hydroxylation sites is 1. The molecule has 2 heterocycles. The van der Waals surface area contributed by atoms with Crippen LogP contribution in [0.2, 0.25) is 0 Å². The number of amides is 1. The molecule has 0 bridgehead atoms. The lowest BCUT2D eigenvalue weighted by Gasteiger charge is -2.28. The first kappa shape index (κ1) is 19.0. The highest BCUT2D eigenvalue weighted by Gasteiger charge is 2.40. The van der Waals surface area contributed by atoms with Gasteiger partial charge >= 0.3 is 0 Å². The van der Waals surface area contributed by atoms with Crippen molar-refractivity contribution in [3.8, 4) is 22.4 Å². The van der Waals surface area contributed by atoms with Crippen LogP contribution >= 0.6 is 0 Å². The van der Waals surface area contributed by atoms with E-state index >= 15 is 0 Å². The van der Waals surface area contributed by atoms with Crippen LogP contribution in [0.1, 0.15) is 47.1 Å². The summed E-state index contributed by atoms with van der Waals surface area (Å²) in [6.45, 7) is 4.42. The highest BCUT2D eigenvalue weighted by molar-refractivity contribution is 6.11. The molecule has 1 aliphatic heterocycles. The number of rotatable bonds is 1. The maximum absolute atomic E-state index is 13.6. The molecule has 0 saturated carbocycles. The zero-order valence-corrected chi connectivity index (χ0v) is 17.9. The summed E-state index contributed by atoms with van der Waals surface area (Å²) in [5.74, 6) is -0.261. The van der Waals surface area contributed by atoms with Crippen molar-refractivity contribution in [1.29, 1.82) is 0 Å². The molecule has 1 atom stereocenters. The zero-order chi connectivity index (χ0) is 22.0. The van der Waals surface area contributed by atoms with Crippen LogP contribution in [0, 0.1) is 0 Å². The second-order valence-corrected chi connectivity index (χ2v) is 8.94. The minimum atomic E-state index is -1.13. The van der Waals surface area contributed by atoms with Gasteiger partial charge in [0.15, 0.2) is 6.23 Å². The van der Waals surface area contributed by atoms with E-state index in [1.165, 1.54) is 16.0 Å². The van der Waals surface area contributed by atoms with Gasteiger partial charge in [0.2, 0.25) is 0 Å². The number of aromatic nitrogens is 1. The van der Waals surface area contributed by atoms with Gasteiger partial charge in [-0.1, -0.05) is 56.3 Å². The molecule has 4 heteroatoms. The Balaban J connectivity index is 1.67. The molecule has 6 rings (SSSR count). The minimum absolute atomic E-state index is 0.207. The van der Waals surface area contributed by atoms with Crippen molar-refractivity contribution in [2.75, 3.05) is 4.90 Å². The van der Waals surface area contributed by atoms with Gasteiger partial charge in [-0.3, -0.25) is 14.7 Å². The molecular weight excluding hydrogens is 396 g/mol. The Labute approximate surface area is 186 Å². The number of aliphatic hydroxyl groups excluding tert-OH is 1. The van der Waals surface area contributed by atoms with Crippen molar-refractivity contribution in [3.05, 3.63) is 107 Å². The summed E-state index contributed by atoms with van der Waals surface area (Å²) in [4.78, 5) is 19.7. The zero-order valence-electron chi connectivity index (χ0n) is 17.9. The number of aliphatic hydroxyl groups is 1. The van der Waals surface area contributed by atoms with Gasteiger partial charge in [0.25, 0.3) is 5.91 Å². The van der Waals surface area contributed by atoms with Gasteiger partial charge in [0, 0.05) is 28.4 Å². The van der Waals surface area contributed by atoms with Gasteiger partial charge in [-0.2, -0.15) is 0 Å². The summed E-state index contributed by atoms with van der Waals surface area (Å²) < 4.78 is 0. The van der Waals surface area contributed by atoms with Crippen LogP contribution in [0.5, 0.6) is 0 Å². The predicted molar refractivity (Wildman–Crippen MR) is 125 cm³/mol. The Morgan fingerprint density at radius 1 is 0.812 bits per heavy atom. The number of fused-ring (bicyclic) bond motifs is 6. The molecule has 1 unspecified atom stereocenters. The summed E-state index contributed by atoms with van der Waals surface area (Å²) in [7, 11) is 0. The molecule has 3 aromatic carbocycles. The Kier molecular flexibility index (Phi) is 3.92. The molecule has 0 spiro atoms. The predicted octanol–water partition coefficient (Wildman–Crippen LogP) is 5.71. The lowest BCUT2D eigenvalue weighted by atomic mass is 9.81. The van der Waals surface area contributed by atoms with Crippen molar-refractivity contribution in [1.82, 2.24) is 4.98 Å². The molecule has 1 aliphatic carbocycles. The summed E-state index contributed by atoms with van der Waals surface area (Å²) >= 11 is 0. The average Bonchev–Trinajstić information content (AvgIpc) is 3.00. The van der Waals surface area contributed by atoms with Gasteiger partial charge in [0.05, 0.1) is 11.3 Å². The van der Waals surface area contributed by atoms with Gasteiger partial charge in [-0.15, -0.1) is 0 Å². The van der Waals surface area contributed by atoms with Crippen LogP contribution in [-0.2, 0) is 5.41 Å². The summed E-state index contributed by atoms with van der Waals surface area (Å²) in [6.07, 6.45) is 0.574. The van der Waals surface area contributed by atoms with Gasteiger partial charge in [-0.25, -0.2) is 0 Å². The molecule has 1 amide bonds.